The number of hydrogen-bond donors (Lipinski definition) is 2. The SMILES string of the molecule is CC(C)CS(=O)CCC(=O)Nc1c(Cl)cc(N)cc1Cl. The van der Waals surface area contributed by atoms with E-state index >= 15 is 0 Å². The molecule has 0 spiro atoms. The second-order valence-electron chi connectivity index (χ2n) is 4.86. The van der Waals surface area contributed by atoms with Gasteiger partial charge in [0, 0.05) is 34.4 Å². The Labute approximate surface area is 131 Å². The van der Waals surface area contributed by atoms with Crippen LogP contribution in [0, 0.1) is 5.92 Å². The Morgan fingerprint density at radius 2 is 1.90 bits per heavy atom. The summed E-state index contributed by atoms with van der Waals surface area (Å²) in [6.45, 7) is 3.98. The molecule has 0 saturated carbocycles. The summed E-state index contributed by atoms with van der Waals surface area (Å²) in [5.74, 6) is 1.00. The molecular formula is C13H18Cl2N2O2S. The third-order valence-electron chi connectivity index (χ3n) is 2.40. The minimum atomic E-state index is -0.990. The molecule has 1 unspecified atom stereocenters. The minimum Gasteiger partial charge on any atom is -0.399 e. The van der Waals surface area contributed by atoms with Crippen molar-refractivity contribution in [2.24, 2.45) is 5.92 Å². The molecule has 112 valence electrons. The standard InChI is InChI=1S/C13H18Cl2N2O2S/c1-8(2)7-20(19)4-3-12(18)17-13-10(14)5-9(16)6-11(13)15/h5-6,8H,3-4,7,16H2,1-2H3,(H,17,18). The first-order chi connectivity index (χ1) is 9.29. The van der Waals surface area contributed by atoms with Crippen LogP contribution in [0.5, 0.6) is 0 Å². The van der Waals surface area contributed by atoms with E-state index < -0.39 is 10.8 Å². The smallest absolute Gasteiger partial charge is 0.225 e. The van der Waals surface area contributed by atoms with E-state index in [1.165, 1.54) is 12.1 Å². The molecule has 1 aromatic rings. The van der Waals surface area contributed by atoms with Crippen molar-refractivity contribution < 1.29 is 9.00 Å². The molecule has 7 heteroatoms. The van der Waals surface area contributed by atoms with E-state index in [-0.39, 0.29) is 22.4 Å². The third-order valence-corrected chi connectivity index (χ3v) is 4.70. The van der Waals surface area contributed by atoms with Crippen molar-refractivity contribution in [3.05, 3.63) is 22.2 Å². The summed E-state index contributed by atoms with van der Waals surface area (Å²) in [7, 11) is -0.990. The maximum absolute atomic E-state index is 11.8. The number of nitrogens with two attached hydrogens (primary N) is 1. The van der Waals surface area contributed by atoms with Crippen LogP contribution in [0.15, 0.2) is 12.1 Å². The van der Waals surface area contributed by atoms with E-state index in [4.69, 9.17) is 28.9 Å². The van der Waals surface area contributed by atoms with Gasteiger partial charge >= 0.3 is 0 Å². The molecule has 0 aliphatic rings. The second-order valence-corrected chi connectivity index (χ2v) is 7.30. The Kier molecular flexibility index (Phi) is 6.79. The summed E-state index contributed by atoms with van der Waals surface area (Å²) in [5.41, 5.74) is 6.34. The number of amides is 1. The molecule has 1 rings (SSSR count). The second kappa shape index (κ2) is 7.86. The van der Waals surface area contributed by atoms with Gasteiger partial charge < -0.3 is 11.1 Å². The van der Waals surface area contributed by atoms with Crippen molar-refractivity contribution in [2.45, 2.75) is 20.3 Å². The first-order valence-electron chi connectivity index (χ1n) is 6.19. The number of halogens is 2. The topological polar surface area (TPSA) is 72.2 Å². The first kappa shape index (κ1) is 17.3. The zero-order chi connectivity index (χ0) is 15.3. The van der Waals surface area contributed by atoms with E-state index in [1.807, 2.05) is 13.8 Å². The molecule has 1 amide bonds. The molecule has 0 aliphatic heterocycles. The molecule has 0 saturated heterocycles. The number of carbonyl (C=O) groups excluding carboxylic acids is 1. The van der Waals surface area contributed by atoms with Gasteiger partial charge in [-0.3, -0.25) is 9.00 Å². The predicted molar refractivity (Wildman–Crippen MR) is 86.8 cm³/mol. The number of anilines is 2. The average Bonchev–Trinajstić information content (AvgIpc) is 2.30. The highest BCUT2D eigenvalue weighted by Crippen LogP contribution is 2.32. The van der Waals surface area contributed by atoms with E-state index in [0.717, 1.165) is 0 Å². The van der Waals surface area contributed by atoms with Gasteiger partial charge in [0.2, 0.25) is 5.91 Å². The van der Waals surface area contributed by atoms with E-state index in [1.54, 1.807) is 0 Å². The third kappa shape index (κ3) is 5.69. The molecule has 1 atom stereocenters. The summed E-state index contributed by atoms with van der Waals surface area (Å²) in [6.07, 6.45) is 0.163. The largest absolute Gasteiger partial charge is 0.399 e. The summed E-state index contributed by atoms with van der Waals surface area (Å²) in [6, 6.07) is 3.03. The molecule has 0 fully saturated rings. The van der Waals surface area contributed by atoms with Crippen LogP contribution in [0.4, 0.5) is 11.4 Å². The summed E-state index contributed by atoms with van der Waals surface area (Å²) < 4.78 is 11.7. The van der Waals surface area contributed by atoms with E-state index in [9.17, 15) is 9.00 Å². The van der Waals surface area contributed by atoms with E-state index in [2.05, 4.69) is 5.32 Å². The maximum atomic E-state index is 11.8. The Hall–Kier alpha value is -0.780. The number of carbonyl (C=O) groups is 1. The molecule has 0 aromatic heterocycles. The van der Waals surface area contributed by atoms with Gasteiger partial charge in [-0.15, -0.1) is 0 Å². The van der Waals surface area contributed by atoms with Crippen LogP contribution in [0.2, 0.25) is 10.0 Å². The first-order valence-corrected chi connectivity index (χ1v) is 8.43. The molecule has 20 heavy (non-hydrogen) atoms. The number of nitrogen functional groups attached to an aromatic ring is 1. The fraction of sp³-hybridized carbons (Fsp3) is 0.462. The fourth-order valence-corrected chi connectivity index (χ4v) is 3.50. The lowest BCUT2D eigenvalue weighted by Gasteiger charge is -2.10. The molecule has 0 heterocycles. The van der Waals surface area contributed by atoms with Gasteiger partial charge in [-0.25, -0.2) is 0 Å². The highest BCUT2D eigenvalue weighted by Gasteiger charge is 2.12. The van der Waals surface area contributed by atoms with Gasteiger partial charge in [0.05, 0.1) is 15.7 Å². The summed E-state index contributed by atoms with van der Waals surface area (Å²) >= 11 is 11.9. The van der Waals surface area contributed by atoms with Crippen molar-refractivity contribution in [3.63, 3.8) is 0 Å². The molecule has 4 nitrogen and oxygen atoms in total. The molecule has 0 radical (unpaired) electrons. The van der Waals surface area contributed by atoms with Crippen LogP contribution in [-0.2, 0) is 15.6 Å². The minimum absolute atomic E-state index is 0.163. The van der Waals surface area contributed by atoms with E-state index in [0.29, 0.717) is 28.8 Å². The van der Waals surface area contributed by atoms with Gasteiger partial charge in [-0.2, -0.15) is 0 Å². The Morgan fingerprint density at radius 3 is 2.40 bits per heavy atom. The molecule has 0 bridgehead atoms. The molecule has 1 aromatic carbocycles. The van der Waals surface area contributed by atoms with Gasteiger partial charge in [0.25, 0.3) is 0 Å². The van der Waals surface area contributed by atoms with Gasteiger partial charge in [-0.05, 0) is 18.1 Å². The fourth-order valence-electron chi connectivity index (χ4n) is 1.58. The molecular weight excluding hydrogens is 319 g/mol. The van der Waals surface area contributed by atoms with Crippen LogP contribution >= 0.6 is 23.2 Å². The molecule has 3 N–H and O–H groups in total. The Bertz CT molecular complexity index is 498. The number of rotatable bonds is 6. The average molecular weight is 337 g/mol. The quantitative estimate of drug-likeness (QED) is 0.782. The molecule has 0 aliphatic carbocycles. The Morgan fingerprint density at radius 1 is 1.35 bits per heavy atom. The van der Waals surface area contributed by atoms with Crippen molar-refractivity contribution in [1.29, 1.82) is 0 Å². The highest BCUT2D eigenvalue weighted by molar-refractivity contribution is 7.85. The lowest BCUT2D eigenvalue weighted by atomic mass is 10.2. The normalized spacial score (nSPS) is 12.4. The number of benzene rings is 1. The van der Waals surface area contributed by atoms with Gasteiger partial charge in [0.1, 0.15) is 0 Å². The number of nitrogens with one attached hydrogen (secondary N) is 1. The zero-order valence-corrected chi connectivity index (χ0v) is 13.7. The van der Waals surface area contributed by atoms with Crippen molar-refractivity contribution in [2.75, 3.05) is 22.6 Å². The number of hydrogen-bond acceptors (Lipinski definition) is 3. The van der Waals surface area contributed by atoms with Gasteiger partial charge in [0.15, 0.2) is 0 Å². The highest BCUT2D eigenvalue weighted by atomic mass is 35.5. The zero-order valence-electron chi connectivity index (χ0n) is 11.4. The Balaban J connectivity index is 2.57. The monoisotopic (exact) mass is 336 g/mol. The summed E-state index contributed by atoms with van der Waals surface area (Å²) in [4.78, 5) is 11.8. The van der Waals surface area contributed by atoms with Crippen molar-refractivity contribution >= 4 is 51.3 Å². The van der Waals surface area contributed by atoms with Crippen molar-refractivity contribution in [3.8, 4) is 0 Å². The lowest BCUT2D eigenvalue weighted by Crippen LogP contribution is -2.17. The predicted octanol–water partition coefficient (Wildman–Crippen LogP) is 3.31. The van der Waals surface area contributed by atoms with Gasteiger partial charge in [-0.1, -0.05) is 37.0 Å². The summed E-state index contributed by atoms with van der Waals surface area (Å²) in [5, 5.41) is 3.19. The van der Waals surface area contributed by atoms with Crippen LogP contribution < -0.4 is 11.1 Å². The van der Waals surface area contributed by atoms with Crippen molar-refractivity contribution in [1.82, 2.24) is 0 Å². The van der Waals surface area contributed by atoms with Crippen LogP contribution in [0.25, 0.3) is 0 Å². The lowest BCUT2D eigenvalue weighted by molar-refractivity contribution is -0.115. The van der Waals surface area contributed by atoms with Crippen LogP contribution in [-0.4, -0.2) is 21.6 Å². The maximum Gasteiger partial charge on any atom is 0.225 e. The van der Waals surface area contributed by atoms with Crippen LogP contribution in [0.3, 0.4) is 0 Å². The van der Waals surface area contributed by atoms with Crippen LogP contribution in [0.1, 0.15) is 20.3 Å².